The summed E-state index contributed by atoms with van der Waals surface area (Å²) in [5.74, 6) is -2.36. The van der Waals surface area contributed by atoms with E-state index >= 15 is 0 Å². The van der Waals surface area contributed by atoms with E-state index in [4.69, 9.17) is 0 Å². The summed E-state index contributed by atoms with van der Waals surface area (Å²) >= 11 is 0. The van der Waals surface area contributed by atoms with Gasteiger partial charge in [-0.2, -0.15) is 13.2 Å². The molecule has 0 aliphatic heterocycles. The molecule has 0 aromatic heterocycles. The number of anilines is 1. The average Bonchev–Trinajstić information content (AvgIpc) is 2.36. The predicted molar refractivity (Wildman–Crippen MR) is 68.6 cm³/mol. The summed E-state index contributed by atoms with van der Waals surface area (Å²) in [5, 5.41) is 0. The molecule has 0 atom stereocenters. The summed E-state index contributed by atoms with van der Waals surface area (Å²) in [6, 6.07) is 5.50. The number of rotatable bonds is 3. The number of sulfonamides is 1. The Morgan fingerprint density at radius 3 is 2.18 bits per heavy atom. The molecular formula is C13H8F5NO2S. The highest BCUT2D eigenvalue weighted by atomic mass is 32.2. The zero-order valence-electron chi connectivity index (χ0n) is 10.7. The number of halogens is 5. The van der Waals surface area contributed by atoms with Crippen LogP contribution in [0.1, 0.15) is 5.56 Å². The minimum atomic E-state index is -4.85. The first-order valence-electron chi connectivity index (χ1n) is 5.75. The fraction of sp³-hybridized carbons (Fsp3) is 0.0769. The molecule has 0 fully saturated rings. The third-order valence-electron chi connectivity index (χ3n) is 2.60. The SMILES string of the molecule is O=S(=O)(Nc1cc(F)cc(C(F)(F)F)c1)c1ccccc1F. The third kappa shape index (κ3) is 3.53. The van der Waals surface area contributed by atoms with E-state index < -0.39 is 44.0 Å². The van der Waals surface area contributed by atoms with Crippen LogP contribution in [0.2, 0.25) is 0 Å². The minimum Gasteiger partial charge on any atom is -0.279 e. The van der Waals surface area contributed by atoms with Gasteiger partial charge in [0.2, 0.25) is 0 Å². The van der Waals surface area contributed by atoms with Gasteiger partial charge in [0, 0.05) is 0 Å². The van der Waals surface area contributed by atoms with Crippen LogP contribution >= 0.6 is 0 Å². The van der Waals surface area contributed by atoms with Crippen molar-refractivity contribution in [3.05, 3.63) is 59.7 Å². The fourth-order valence-corrected chi connectivity index (χ4v) is 2.81. The molecule has 2 aromatic carbocycles. The average molecular weight is 337 g/mol. The van der Waals surface area contributed by atoms with Gasteiger partial charge in [0.1, 0.15) is 16.5 Å². The molecule has 1 N–H and O–H groups in total. The van der Waals surface area contributed by atoms with Crippen LogP contribution in [0, 0.1) is 11.6 Å². The zero-order valence-corrected chi connectivity index (χ0v) is 11.5. The van der Waals surface area contributed by atoms with Gasteiger partial charge in [-0.3, -0.25) is 4.72 Å². The number of hydrogen-bond donors (Lipinski definition) is 1. The summed E-state index contributed by atoms with van der Waals surface area (Å²) in [6.45, 7) is 0. The molecule has 0 spiro atoms. The number of nitrogens with one attached hydrogen (secondary N) is 1. The molecule has 9 heteroatoms. The third-order valence-corrected chi connectivity index (χ3v) is 4.02. The van der Waals surface area contributed by atoms with Crippen LogP contribution in [0.5, 0.6) is 0 Å². The Hall–Kier alpha value is -2.16. The first-order valence-corrected chi connectivity index (χ1v) is 7.23. The van der Waals surface area contributed by atoms with E-state index in [1.807, 2.05) is 0 Å². The van der Waals surface area contributed by atoms with Crippen molar-refractivity contribution in [1.29, 1.82) is 0 Å². The van der Waals surface area contributed by atoms with E-state index in [-0.39, 0.29) is 6.07 Å². The van der Waals surface area contributed by atoms with E-state index in [0.717, 1.165) is 12.1 Å². The lowest BCUT2D eigenvalue weighted by molar-refractivity contribution is -0.137. The van der Waals surface area contributed by atoms with Crippen molar-refractivity contribution in [3.63, 3.8) is 0 Å². The van der Waals surface area contributed by atoms with Gasteiger partial charge in [0.05, 0.1) is 11.3 Å². The second-order valence-corrected chi connectivity index (χ2v) is 5.91. The summed E-state index contributed by atoms with van der Waals surface area (Å²) in [7, 11) is -4.48. The molecule has 0 saturated carbocycles. The Balaban J connectivity index is 2.43. The Morgan fingerprint density at radius 2 is 1.59 bits per heavy atom. The molecule has 3 nitrogen and oxygen atoms in total. The molecule has 0 heterocycles. The molecule has 0 aliphatic carbocycles. The van der Waals surface area contributed by atoms with Gasteiger partial charge in [-0.15, -0.1) is 0 Å². The molecule has 2 aromatic rings. The summed E-state index contributed by atoms with van der Waals surface area (Å²) in [6.07, 6.45) is -4.85. The number of hydrogen-bond acceptors (Lipinski definition) is 2. The fourth-order valence-electron chi connectivity index (χ4n) is 1.69. The van der Waals surface area contributed by atoms with Gasteiger partial charge in [-0.1, -0.05) is 12.1 Å². The molecule has 0 bridgehead atoms. The lowest BCUT2D eigenvalue weighted by atomic mass is 10.2. The molecule has 0 aliphatic rings. The Kier molecular flexibility index (Phi) is 4.10. The summed E-state index contributed by atoms with van der Waals surface area (Å²) in [5.41, 5.74) is -2.02. The lowest BCUT2D eigenvalue weighted by Crippen LogP contribution is -2.15. The van der Waals surface area contributed by atoms with Crippen LogP contribution in [-0.4, -0.2) is 8.42 Å². The Labute approximate surface area is 122 Å². The van der Waals surface area contributed by atoms with E-state index in [1.165, 1.54) is 12.1 Å². The number of alkyl halides is 3. The second-order valence-electron chi connectivity index (χ2n) is 4.26. The van der Waals surface area contributed by atoms with E-state index in [2.05, 4.69) is 0 Å². The zero-order chi connectivity index (χ0) is 16.5. The van der Waals surface area contributed by atoms with Gasteiger partial charge in [-0.05, 0) is 30.3 Å². The van der Waals surface area contributed by atoms with Crippen LogP contribution in [0.4, 0.5) is 27.6 Å². The van der Waals surface area contributed by atoms with Crippen molar-refractivity contribution in [2.45, 2.75) is 11.1 Å². The number of benzene rings is 2. The normalized spacial score (nSPS) is 12.2. The standard InChI is InChI=1S/C13H8F5NO2S/c14-9-5-8(13(16,17)18)6-10(7-9)19-22(20,21)12-4-2-1-3-11(12)15/h1-7,19H. The van der Waals surface area contributed by atoms with Crippen LogP contribution in [0.3, 0.4) is 0 Å². The van der Waals surface area contributed by atoms with Crippen LogP contribution in [-0.2, 0) is 16.2 Å². The Morgan fingerprint density at radius 1 is 0.955 bits per heavy atom. The Bertz CT molecular complexity index is 802. The van der Waals surface area contributed by atoms with Crippen molar-refractivity contribution in [2.75, 3.05) is 4.72 Å². The minimum absolute atomic E-state index is 0.223. The predicted octanol–water partition coefficient (Wildman–Crippen LogP) is 3.78. The topological polar surface area (TPSA) is 46.2 Å². The molecule has 118 valence electrons. The van der Waals surface area contributed by atoms with Crippen LogP contribution < -0.4 is 4.72 Å². The van der Waals surface area contributed by atoms with Crippen LogP contribution in [0.15, 0.2) is 47.4 Å². The van der Waals surface area contributed by atoms with E-state index in [1.54, 1.807) is 4.72 Å². The molecule has 22 heavy (non-hydrogen) atoms. The van der Waals surface area contributed by atoms with Crippen molar-refractivity contribution < 1.29 is 30.4 Å². The van der Waals surface area contributed by atoms with Gasteiger partial charge in [0.15, 0.2) is 0 Å². The second kappa shape index (κ2) is 5.56. The highest BCUT2D eigenvalue weighted by Crippen LogP contribution is 2.32. The van der Waals surface area contributed by atoms with Gasteiger partial charge in [-0.25, -0.2) is 17.2 Å². The lowest BCUT2D eigenvalue weighted by Gasteiger charge is -2.12. The van der Waals surface area contributed by atoms with Crippen molar-refractivity contribution in [2.24, 2.45) is 0 Å². The van der Waals surface area contributed by atoms with Gasteiger partial charge < -0.3 is 0 Å². The molecule has 0 saturated heterocycles. The molecule has 0 radical (unpaired) electrons. The van der Waals surface area contributed by atoms with Crippen molar-refractivity contribution >= 4 is 15.7 Å². The monoisotopic (exact) mass is 337 g/mol. The van der Waals surface area contributed by atoms with E-state index in [0.29, 0.717) is 12.1 Å². The highest BCUT2D eigenvalue weighted by Gasteiger charge is 2.32. The maximum atomic E-state index is 13.5. The molecular weight excluding hydrogens is 329 g/mol. The maximum absolute atomic E-state index is 13.5. The largest absolute Gasteiger partial charge is 0.416 e. The van der Waals surface area contributed by atoms with Gasteiger partial charge in [0.25, 0.3) is 10.0 Å². The first-order chi connectivity index (χ1) is 10.1. The van der Waals surface area contributed by atoms with Gasteiger partial charge >= 0.3 is 6.18 Å². The summed E-state index contributed by atoms with van der Waals surface area (Å²) in [4.78, 5) is -0.757. The van der Waals surface area contributed by atoms with Crippen molar-refractivity contribution in [3.8, 4) is 0 Å². The summed E-state index contributed by atoms with van der Waals surface area (Å²) < 4.78 is 90.0. The maximum Gasteiger partial charge on any atom is 0.416 e. The molecule has 0 amide bonds. The molecule has 0 unspecified atom stereocenters. The van der Waals surface area contributed by atoms with E-state index in [9.17, 15) is 30.4 Å². The first kappa shape index (κ1) is 16.2. The highest BCUT2D eigenvalue weighted by molar-refractivity contribution is 7.92. The van der Waals surface area contributed by atoms with Crippen molar-refractivity contribution in [1.82, 2.24) is 0 Å². The molecule has 2 rings (SSSR count). The quantitative estimate of drug-likeness (QED) is 0.867. The van der Waals surface area contributed by atoms with Crippen LogP contribution in [0.25, 0.3) is 0 Å². The smallest absolute Gasteiger partial charge is 0.279 e.